The molecule has 3 amide bonds. The van der Waals surface area contributed by atoms with E-state index in [9.17, 15) is 39.6 Å². The first-order chi connectivity index (χ1) is 18.4. The predicted octanol–water partition coefficient (Wildman–Crippen LogP) is -0.107. The molecule has 3 fully saturated rings. The first-order valence-electron chi connectivity index (χ1n) is 13.5. The van der Waals surface area contributed by atoms with E-state index in [1.165, 1.54) is 41.5 Å². The van der Waals surface area contributed by atoms with Crippen LogP contribution in [0.1, 0.15) is 67.2 Å². The van der Waals surface area contributed by atoms with Crippen LogP contribution in [0.4, 0.5) is 4.79 Å². The third-order valence-corrected chi connectivity index (χ3v) is 11.2. The minimum Gasteiger partial charge on any atom is -0.479 e. The molecule has 4 unspecified atom stereocenters. The van der Waals surface area contributed by atoms with Gasteiger partial charge >= 0.3 is 18.0 Å². The third-order valence-electron chi connectivity index (χ3n) is 9.65. The summed E-state index contributed by atoms with van der Waals surface area (Å²) in [5.41, 5.74) is -9.95. The number of aliphatic carboxylic acids is 1. The maximum absolute atomic E-state index is 12.8. The fraction of sp³-hybridized carbons (Fsp3) is 0.846. The second-order valence-electron chi connectivity index (χ2n) is 12.1. The van der Waals surface area contributed by atoms with Crippen LogP contribution >= 0.6 is 11.8 Å². The number of carbonyl (C=O) groups excluding carboxylic acids is 3. The summed E-state index contributed by atoms with van der Waals surface area (Å²) in [5.74, 6) is -1.96. The zero-order valence-electron chi connectivity index (χ0n) is 23.9. The Hall–Kier alpha value is -2.13. The van der Waals surface area contributed by atoms with Crippen LogP contribution in [0.5, 0.6) is 0 Å². The molecule has 3 aliphatic rings. The summed E-state index contributed by atoms with van der Waals surface area (Å²) in [4.78, 5) is 49.3. The van der Waals surface area contributed by atoms with E-state index in [1.54, 1.807) is 11.8 Å². The van der Waals surface area contributed by atoms with E-state index in [0.717, 1.165) is 12.2 Å². The minimum atomic E-state index is -2.36. The first-order valence-corrected chi connectivity index (χ1v) is 14.5. The number of hydrogen-bond donors (Lipinski definition) is 7. The molecule has 3 aliphatic heterocycles. The van der Waals surface area contributed by atoms with Gasteiger partial charge in [-0.3, -0.25) is 9.59 Å². The van der Waals surface area contributed by atoms with Gasteiger partial charge in [0, 0.05) is 29.8 Å². The van der Waals surface area contributed by atoms with E-state index in [-0.39, 0.29) is 29.8 Å². The molecule has 0 saturated carbocycles. The lowest BCUT2D eigenvalue weighted by molar-refractivity contribution is -0.360. The fourth-order valence-electron chi connectivity index (χ4n) is 6.36. The van der Waals surface area contributed by atoms with E-state index in [4.69, 9.17) is 9.47 Å². The van der Waals surface area contributed by atoms with Crippen LogP contribution < -0.4 is 16.0 Å². The van der Waals surface area contributed by atoms with Gasteiger partial charge in [0.2, 0.25) is 11.5 Å². The summed E-state index contributed by atoms with van der Waals surface area (Å²) in [6, 6.07) is 0.00597. The Morgan fingerprint density at radius 1 is 1.18 bits per heavy atom. The lowest BCUT2D eigenvalue weighted by Gasteiger charge is -2.68. The maximum atomic E-state index is 12.8. The van der Waals surface area contributed by atoms with Gasteiger partial charge in [-0.05, 0) is 33.6 Å². The molecule has 3 heterocycles. The smallest absolute Gasteiger partial charge is 0.340 e. The fourth-order valence-corrected chi connectivity index (χ4v) is 7.90. The van der Waals surface area contributed by atoms with Crippen LogP contribution in [0.25, 0.3) is 0 Å². The molecular formula is C26H43N3O10S. The van der Waals surface area contributed by atoms with Crippen LogP contribution in [-0.2, 0) is 23.9 Å². The quantitative estimate of drug-likeness (QED) is 0.0962. The summed E-state index contributed by atoms with van der Waals surface area (Å²) >= 11 is 1.77. The number of nitrogens with one attached hydrogen (secondary N) is 3. The first kappa shape index (κ1) is 32.4. The van der Waals surface area contributed by atoms with Crippen molar-refractivity contribution in [2.24, 2.45) is 5.41 Å². The van der Waals surface area contributed by atoms with Crippen molar-refractivity contribution in [2.75, 3.05) is 19.0 Å². The Morgan fingerprint density at radius 3 is 2.40 bits per heavy atom. The van der Waals surface area contributed by atoms with Crippen LogP contribution in [0.2, 0.25) is 0 Å². The third kappa shape index (κ3) is 5.06. The van der Waals surface area contributed by atoms with Crippen LogP contribution in [-0.4, -0.2) is 109 Å². The normalized spacial score (nSPS) is 39.0. The Bertz CT molecular complexity index is 1020. The number of fused-ring (bicyclic) bond motifs is 1. The van der Waals surface area contributed by atoms with Gasteiger partial charge in [0.1, 0.15) is 18.3 Å². The van der Waals surface area contributed by atoms with Crippen LogP contribution in [0.3, 0.4) is 0 Å². The highest BCUT2D eigenvalue weighted by molar-refractivity contribution is 8.00. The van der Waals surface area contributed by atoms with Gasteiger partial charge in [-0.25, -0.2) is 9.59 Å². The average molecular weight is 590 g/mol. The number of urea groups is 1. The maximum Gasteiger partial charge on any atom is 0.340 e. The molecule has 0 aliphatic carbocycles. The summed E-state index contributed by atoms with van der Waals surface area (Å²) in [7, 11) is 0. The minimum absolute atomic E-state index is 0.0166. The predicted molar refractivity (Wildman–Crippen MR) is 144 cm³/mol. The van der Waals surface area contributed by atoms with Crippen molar-refractivity contribution in [3.63, 3.8) is 0 Å². The molecular weight excluding hydrogens is 546 g/mol. The van der Waals surface area contributed by atoms with Crippen molar-refractivity contribution in [1.82, 2.24) is 16.0 Å². The second-order valence-corrected chi connectivity index (χ2v) is 13.3. The summed E-state index contributed by atoms with van der Waals surface area (Å²) < 4.78 is 11.6. The molecule has 13 nitrogen and oxygen atoms in total. The van der Waals surface area contributed by atoms with Gasteiger partial charge < -0.3 is 45.9 Å². The number of carbonyl (C=O) groups is 4. The van der Waals surface area contributed by atoms with Crippen molar-refractivity contribution >= 4 is 35.6 Å². The number of ether oxygens (including phenoxy) is 2. The van der Waals surface area contributed by atoms with E-state index in [2.05, 4.69) is 16.0 Å². The van der Waals surface area contributed by atoms with Gasteiger partial charge in [-0.1, -0.05) is 20.3 Å². The Balaban J connectivity index is 1.74. The van der Waals surface area contributed by atoms with Crippen molar-refractivity contribution in [2.45, 2.75) is 113 Å². The molecule has 0 aromatic rings. The number of amides is 3. The van der Waals surface area contributed by atoms with E-state index in [0.29, 0.717) is 12.8 Å². The number of aliphatic hydroxyl groups excluding tert-OH is 2. The highest BCUT2D eigenvalue weighted by Crippen LogP contribution is 2.59. The molecule has 0 aromatic heterocycles. The molecule has 8 atom stereocenters. The average Bonchev–Trinajstić information content (AvgIpc) is 3.40. The molecule has 3 saturated heterocycles. The van der Waals surface area contributed by atoms with Crippen LogP contribution in [0.15, 0.2) is 0 Å². The number of esters is 1. The Labute approximate surface area is 238 Å². The van der Waals surface area contributed by atoms with Crippen LogP contribution in [0, 0.1) is 5.41 Å². The summed E-state index contributed by atoms with van der Waals surface area (Å²) in [6.07, 6.45) is 0.260. The number of carboxylic acids is 1. The van der Waals surface area contributed by atoms with Crippen molar-refractivity contribution < 1.29 is 49.1 Å². The molecule has 0 aromatic carbocycles. The molecule has 0 spiro atoms. The van der Waals surface area contributed by atoms with Crippen molar-refractivity contribution in [3.8, 4) is 0 Å². The second kappa shape index (κ2) is 11.3. The number of thioether (sulfide) groups is 1. The standard InChI is InChI=1S/C26H43N3O10S/c1-14(31)29-24(5)23(4,17(32)11-30)39-26(20(34)35,22(2,3)25(24,6)37)13-38-18(33)10-8-7-9-16-19-15(12-40-16)27-21(36)28-19/h15-17,19,30,32,37H,7-13H2,1-6H3,(H,29,31)(H,34,35)(H2,27,28,36)/t15-,16?,17?,19-,23?,24-,25?,26-/m0/s1. The number of unbranched alkanes of at least 4 members (excludes halogenated alkanes) is 1. The molecule has 3 rings (SSSR count). The molecule has 7 N–H and O–H groups in total. The van der Waals surface area contributed by atoms with Crippen molar-refractivity contribution in [1.29, 1.82) is 0 Å². The van der Waals surface area contributed by atoms with E-state index >= 15 is 0 Å². The van der Waals surface area contributed by atoms with E-state index in [1.807, 2.05) is 0 Å². The van der Waals surface area contributed by atoms with Gasteiger partial charge in [0.25, 0.3) is 0 Å². The summed E-state index contributed by atoms with van der Waals surface area (Å²) in [5, 5.41) is 51.7. The highest BCUT2D eigenvalue weighted by atomic mass is 32.2. The van der Waals surface area contributed by atoms with Gasteiger partial charge in [0.05, 0.1) is 29.8 Å². The largest absolute Gasteiger partial charge is 0.479 e. The molecule has 40 heavy (non-hydrogen) atoms. The van der Waals surface area contributed by atoms with Gasteiger partial charge in [-0.2, -0.15) is 11.8 Å². The number of carboxylic acid groups (broad SMARTS) is 1. The molecule has 0 radical (unpaired) electrons. The molecule has 14 heteroatoms. The zero-order valence-corrected chi connectivity index (χ0v) is 24.7. The molecule has 228 valence electrons. The Morgan fingerprint density at radius 2 is 1.82 bits per heavy atom. The van der Waals surface area contributed by atoms with Gasteiger partial charge in [-0.15, -0.1) is 0 Å². The lowest BCUT2D eigenvalue weighted by atomic mass is 9.50. The summed E-state index contributed by atoms with van der Waals surface area (Å²) in [6.45, 7) is 6.41. The zero-order chi connectivity index (χ0) is 30.3. The topological polar surface area (TPSA) is 204 Å². The number of hydrogen-bond acceptors (Lipinski definition) is 10. The lowest BCUT2D eigenvalue weighted by Crippen LogP contribution is -2.88. The van der Waals surface area contributed by atoms with Crippen molar-refractivity contribution in [3.05, 3.63) is 0 Å². The van der Waals surface area contributed by atoms with Gasteiger partial charge in [0.15, 0.2) is 0 Å². The highest BCUT2D eigenvalue weighted by Gasteiger charge is 2.78. The number of rotatable bonds is 11. The van der Waals surface area contributed by atoms with E-state index < -0.39 is 64.9 Å². The monoisotopic (exact) mass is 589 g/mol. The Kier molecular flexibility index (Phi) is 9.13. The number of aliphatic hydroxyl groups is 3. The molecule has 0 bridgehead atoms. The SMILES string of the molecule is CC(=O)N[C@@]1(C)C(C)(C(O)CO)O[C@@](COC(=O)CCCCC2SC[C@@H]3NC(=O)N[C@H]23)(C(=O)O)C(C)(C)C1(C)O.